The summed E-state index contributed by atoms with van der Waals surface area (Å²) in [5.74, 6) is 0.132. The zero-order valence-electron chi connectivity index (χ0n) is 8.44. The number of hydrogen-bond acceptors (Lipinski definition) is 2. The fraction of sp³-hybridized carbons (Fsp3) is 0.364. The van der Waals surface area contributed by atoms with Crippen molar-refractivity contribution in [2.75, 3.05) is 5.33 Å². The Bertz CT molecular complexity index is 515. The van der Waals surface area contributed by atoms with E-state index < -0.39 is 0 Å². The third-order valence-corrected chi connectivity index (χ3v) is 3.44. The van der Waals surface area contributed by atoms with E-state index in [0.29, 0.717) is 18.0 Å². The van der Waals surface area contributed by atoms with Crippen LogP contribution < -0.4 is 5.76 Å². The minimum absolute atomic E-state index is 0.274. The third kappa shape index (κ3) is 2.00. The van der Waals surface area contributed by atoms with Crippen molar-refractivity contribution in [2.45, 2.75) is 13.5 Å². The summed E-state index contributed by atoms with van der Waals surface area (Å²) >= 11 is 3.40. The van der Waals surface area contributed by atoms with Crippen LogP contribution in [0.5, 0.6) is 0 Å². The first kappa shape index (κ1) is 10.5. The lowest BCUT2D eigenvalue weighted by Crippen LogP contribution is -2.19. The fourth-order valence-electron chi connectivity index (χ4n) is 1.55. The van der Waals surface area contributed by atoms with Gasteiger partial charge in [-0.1, -0.05) is 35.0 Å². The summed E-state index contributed by atoms with van der Waals surface area (Å²) in [4.78, 5) is 11.6. The molecular weight excluding hydrogens is 258 g/mol. The molecular formula is C11H12BrNO2. The molecule has 0 saturated carbocycles. The van der Waals surface area contributed by atoms with E-state index >= 15 is 0 Å². The van der Waals surface area contributed by atoms with Crippen LogP contribution in [0.1, 0.15) is 6.92 Å². The van der Waals surface area contributed by atoms with Crippen molar-refractivity contribution in [1.82, 2.24) is 4.57 Å². The molecule has 0 aliphatic heterocycles. The van der Waals surface area contributed by atoms with Crippen LogP contribution >= 0.6 is 15.9 Å². The van der Waals surface area contributed by atoms with Gasteiger partial charge in [-0.2, -0.15) is 0 Å². The number of halogens is 1. The Labute approximate surface area is 95.8 Å². The van der Waals surface area contributed by atoms with Crippen molar-refractivity contribution < 1.29 is 4.42 Å². The molecule has 0 bridgehead atoms. The Morgan fingerprint density at radius 3 is 2.93 bits per heavy atom. The summed E-state index contributed by atoms with van der Waals surface area (Å²) in [5, 5.41) is 0.874. The van der Waals surface area contributed by atoms with Crippen LogP contribution in [0.3, 0.4) is 0 Å². The maximum Gasteiger partial charge on any atom is 0.419 e. The molecule has 4 heteroatoms. The molecule has 80 valence electrons. The van der Waals surface area contributed by atoms with Gasteiger partial charge in [-0.25, -0.2) is 4.79 Å². The van der Waals surface area contributed by atoms with Gasteiger partial charge in [0.2, 0.25) is 0 Å². The van der Waals surface area contributed by atoms with Crippen molar-refractivity contribution >= 4 is 27.0 Å². The minimum Gasteiger partial charge on any atom is -0.408 e. The van der Waals surface area contributed by atoms with Gasteiger partial charge in [0, 0.05) is 11.9 Å². The molecule has 0 aliphatic rings. The molecule has 0 saturated heterocycles. The molecule has 3 nitrogen and oxygen atoms in total. The van der Waals surface area contributed by atoms with Gasteiger partial charge in [-0.15, -0.1) is 0 Å². The summed E-state index contributed by atoms with van der Waals surface area (Å²) in [6.45, 7) is 2.77. The summed E-state index contributed by atoms with van der Waals surface area (Å²) in [5.41, 5.74) is 1.53. The lowest BCUT2D eigenvalue weighted by Gasteiger charge is -2.07. The van der Waals surface area contributed by atoms with Crippen LogP contribution in [0.2, 0.25) is 0 Å². The van der Waals surface area contributed by atoms with Crippen molar-refractivity contribution in [1.29, 1.82) is 0 Å². The van der Waals surface area contributed by atoms with E-state index in [-0.39, 0.29) is 5.76 Å². The van der Waals surface area contributed by atoms with Gasteiger partial charge in [-0.3, -0.25) is 4.57 Å². The van der Waals surface area contributed by atoms with E-state index in [2.05, 4.69) is 22.9 Å². The third-order valence-electron chi connectivity index (χ3n) is 2.33. The first-order valence-corrected chi connectivity index (χ1v) is 5.99. The van der Waals surface area contributed by atoms with Gasteiger partial charge in [0.1, 0.15) is 0 Å². The molecule has 1 aromatic carbocycles. The summed E-state index contributed by atoms with van der Waals surface area (Å²) < 4.78 is 6.82. The van der Waals surface area contributed by atoms with E-state index in [9.17, 15) is 4.79 Å². The van der Waals surface area contributed by atoms with E-state index in [1.54, 1.807) is 4.57 Å². The van der Waals surface area contributed by atoms with Gasteiger partial charge < -0.3 is 4.42 Å². The molecule has 2 rings (SSSR count). The molecule has 0 radical (unpaired) electrons. The maximum atomic E-state index is 11.6. The Hall–Kier alpha value is -1.03. The molecule has 2 aromatic rings. The largest absolute Gasteiger partial charge is 0.419 e. The molecule has 1 heterocycles. The first-order valence-electron chi connectivity index (χ1n) is 4.86. The Balaban J connectivity index is 2.50. The van der Waals surface area contributed by atoms with E-state index in [0.717, 1.165) is 10.8 Å². The highest BCUT2D eigenvalue weighted by molar-refractivity contribution is 9.09. The average Bonchev–Trinajstić information content (AvgIpc) is 2.55. The van der Waals surface area contributed by atoms with Crippen molar-refractivity contribution in [2.24, 2.45) is 5.92 Å². The Morgan fingerprint density at radius 2 is 2.20 bits per heavy atom. The van der Waals surface area contributed by atoms with Crippen molar-refractivity contribution in [3.8, 4) is 0 Å². The minimum atomic E-state index is -0.274. The molecule has 15 heavy (non-hydrogen) atoms. The molecule has 1 unspecified atom stereocenters. The maximum absolute atomic E-state index is 11.6. The molecule has 0 aliphatic carbocycles. The molecule has 0 amide bonds. The molecule has 0 spiro atoms. The Kier molecular flexibility index (Phi) is 2.95. The zero-order chi connectivity index (χ0) is 10.8. The predicted molar refractivity (Wildman–Crippen MR) is 63.4 cm³/mol. The van der Waals surface area contributed by atoms with E-state index in [1.807, 2.05) is 24.3 Å². The molecule has 0 fully saturated rings. The number of para-hydroxylation sites is 2. The zero-order valence-corrected chi connectivity index (χ0v) is 10.0. The van der Waals surface area contributed by atoms with Crippen LogP contribution in [-0.4, -0.2) is 9.90 Å². The van der Waals surface area contributed by atoms with Gasteiger partial charge in [0.05, 0.1) is 5.52 Å². The summed E-state index contributed by atoms with van der Waals surface area (Å²) in [6, 6.07) is 7.49. The second-order valence-electron chi connectivity index (χ2n) is 3.71. The topological polar surface area (TPSA) is 35.1 Å². The Morgan fingerprint density at radius 1 is 1.47 bits per heavy atom. The van der Waals surface area contributed by atoms with Gasteiger partial charge in [0.15, 0.2) is 5.58 Å². The quantitative estimate of drug-likeness (QED) is 0.803. The first-order chi connectivity index (χ1) is 7.22. The highest BCUT2D eigenvalue weighted by Gasteiger charge is 2.10. The summed E-state index contributed by atoms with van der Waals surface area (Å²) in [6.07, 6.45) is 0. The van der Waals surface area contributed by atoms with E-state index in [4.69, 9.17) is 4.42 Å². The lowest BCUT2D eigenvalue weighted by molar-refractivity contribution is 0.463. The monoisotopic (exact) mass is 269 g/mol. The number of alkyl halides is 1. The normalized spacial score (nSPS) is 13.2. The van der Waals surface area contributed by atoms with Gasteiger partial charge >= 0.3 is 5.76 Å². The van der Waals surface area contributed by atoms with Crippen molar-refractivity contribution in [3.63, 3.8) is 0 Å². The number of benzene rings is 1. The number of oxazole rings is 1. The fourth-order valence-corrected chi connectivity index (χ4v) is 1.75. The molecule has 0 N–H and O–H groups in total. The SMILES string of the molecule is CC(CBr)Cn1c(=O)oc2ccccc21. The van der Waals surface area contributed by atoms with Crippen molar-refractivity contribution in [3.05, 3.63) is 34.8 Å². The summed E-state index contributed by atoms with van der Waals surface area (Å²) in [7, 11) is 0. The van der Waals surface area contributed by atoms with E-state index in [1.165, 1.54) is 0 Å². The van der Waals surface area contributed by atoms with Crippen LogP contribution in [-0.2, 0) is 6.54 Å². The number of nitrogens with zero attached hydrogens (tertiary/aromatic N) is 1. The highest BCUT2D eigenvalue weighted by Crippen LogP contribution is 2.13. The second-order valence-corrected chi connectivity index (χ2v) is 4.35. The second kappa shape index (κ2) is 4.23. The van der Waals surface area contributed by atoms with Crippen LogP contribution in [0, 0.1) is 5.92 Å². The van der Waals surface area contributed by atoms with Gasteiger partial charge in [-0.05, 0) is 18.1 Å². The highest BCUT2D eigenvalue weighted by atomic mass is 79.9. The standard InChI is InChI=1S/C11H12BrNO2/c1-8(6-12)7-13-9-4-2-3-5-10(9)15-11(13)14/h2-5,8H,6-7H2,1H3. The number of rotatable bonds is 3. The molecule has 1 atom stereocenters. The van der Waals surface area contributed by atoms with Crippen LogP contribution in [0.4, 0.5) is 0 Å². The number of hydrogen-bond donors (Lipinski definition) is 0. The van der Waals surface area contributed by atoms with Crippen LogP contribution in [0.25, 0.3) is 11.1 Å². The number of aromatic nitrogens is 1. The molecule has 1 aromatic heterocycles. The number of fused-ring (bicyclic) bond motifs is 1. The average molecular weight is 270 g/mol. The lowest BCUT2D eigenvalue weighted by atomic mass is 10.2. The predicted octanol–water partition coefficient (Wildman–Crippen LogP) is 2.63. The smallest absolute Gasteiger partial charge is 0.408 e. The van der Waals surface area contributed by atoms with Gasteiger partial charge in [0.25, 0.3) is 0 Å². The van der Waals surface area contributed by atoms with Crippen LogP contribution in [0.15, 0.2) is 33.5 Å².